The molecule has 31 heavy (non-hydrogen) atoms. The molecule has 0 spiro atoms. The van der Waals surface area contributed by atoms with E-state index in [0.717, 1.165) is 17.3 Å². The van der Waals surface area contributed by atoms with Gasteiger partial charge in [0.2, 0.25) is 0 Å². The first kappa shape index (κ1) is 22.8. The molecule has 0 saturated heterocycles. The number of anilines is 1. The van der Waals surface area contributed by atoms with E-state index in [0.29, 0.717) is 31.8 Å². The van der Waals surface area contributed by atoms with E-state index in [2.05, 4.69) is 31.4 Å². The summed E-state index contributed by atoms with van der Waals surface area (Å²) in [5.41, 5.74) is 4.11. The van der Waals surface area contributed by atoms with Crippen LogP contribution in [0.5, 0.6) is 11.5 Å². The molecule has 1 heterocycles. The van der Waals surface area contributed by atoms with E-state index >= 15 is 0 Å². The van der Waals surface area contributed by atoms with E-state index < -0.39 is 4.92 Å². The highest BCUT2D eigenvalue weighted by atomic mass is 79.9. The molecule has 0 aliphatic heterocycles. The number of benzene rings is 2. The van der Waals surface area contributed by atoms with Gasteiger partial charge in [-0.3, -0.25) is 15.5 Å². The van der Waals surface area contributed by atoms with Gasteiger partial charge in [0, 0.05) is 21.7 Å². The van der Waals surface area contributed by atoms with E-state index in [-0.39, 0.29) is 12.3 Å². The Morgan fingerprint density at radius 1 is 1.26 bits per heavy atom. The summed E-state index contributed by atoms with van der Waals surface area (Å²) in [7, 11) is 1.53. The number of hydrogen-bond acceptors (Lipinski definition) is 7. The number of hydrazone groups is 1. The van der Waals surface area contributed by atoms with Crippen LogP contribution in [-0.2, 0) is 6.61 Å². The van der Waals surface area contributed by atoms with E-state index in [1.54, 1.807) is 36.5 Å². The number of nitrogens with one attached hydrogen (secondary N) is 1. The third kappa shape index (κ3) is 6.06. The van der Waals surface area contributed by atoms with Crippen LogP contribution in [0.3, 0.4) is 0 Å². The predicted octanol–water partition coefficient (Wildman–Crippen LogP) is 6.09. The van der Waals surface area contributed by atoms with E-state index in [1.165, 1.54) is 19.2 Å². The van der Waals surface area contributed by atoms with Crippen molar-refractivity contribution in [1.29, 1.82) is 0 Å². The summed E-state index contributed by atoms with van der Waals surface area (Å²) in [5.74, 6) is 1.37. The van der Waals surface area contributed by atoms with Crippen molar-refractivity contribution in [2.45, 2.75) is 6.61 Å². The number of hydrogen-bond donors (Lipinski definition) is 1. The smallest absolute Gasteiger partial charge is 0.287 e. The first-order chi connectivity index (χ1) is 14.9. The number of nitrogens with zero attached hydrogens (tertiary/aromatic N) is 3. The maximum absolute atomic E-state index is 10.7. The average Bonchev–Trinajstić information content (AvgIpc) is 2.74. The highest BCUT2D eigenvalue weighted by molar-refractivity contribution is 9.10. The second-order valence-corrected chi connectivity index (χ2v) is 7.79. The van der Waals surface area contributed by atoms with Crippen molar-refractivity contribution in [3.63, 3.8) is 0 Å². The van der Waals surface area contributed by atoms with E-state index in [1.807, 2.05) is 0 Å². The Morgan fingerprint density at radius 3 is 2.71 bits per heavy atom. The second kappa shape index (κ2) is 10.4. The normalized spacial score (nSPS) is 10.8. The molecule has 160 valence electrons. The second-order valence-electron chi connectivity index (χ2n) is 6.09. The van der Waals surface area contributed by atoms with Gasteiger partial charge in [-0.05, 0) is 51.8 Å². The molecule has 8 nitrogen and oxygen atoms in total. The van der Waals surface area contributed by atoms with Gasteiger partial charge in [-0.15, -0.1) is 0 Å². The number of rotatable bonds is 8. The van der Waals surface area contributed by atoms with Crippen LogP contribution in [0.1, 0.15) is 11.1 Å². The molecule has 0 amide bonds. The van der Waals surface area contributed by atoms with Gasteiger partial charge in [-0.2, -0.15) is 5.10 Å². The average molecular weight is 526 g/mol. The quantitative estimate of drug-likeness (QED) is 0.217. The summed E-state index contributed by atoms with van der Waals surface area (Å²) in [6.45, 7) is 0.228. The lowest BCUT2D eigenvalue weighted by Crippen LogP contribution is -2.00. The Kier molecular flexibility index (Phi) is 7.67. The SMILES string of the molecule is COc1cc(/C=N/Nc2ccc([N+](=O)[O-])cn2)cc(Br)c1OCc1ccc(Cl)cc1Cl. The zero-order chi connectivity index (χ0) is 22.4. The maximum Gasteiger partial charge on any atom is 0.287 e. The van der Waals surface area contributed by atoms with Gasteiger partial charge < -0.3 is 9.47 Å². The molecule has 0 unspecified atom stereocenters. The van der Waals surface area contributed by atoms with Crippen LogP contribution in [0.2, 0.25) is 10.0 Å². The predicted molar refractivity (Wildman–Crippen MR) is 124 cm³/mol. The Hall–Kier alpha value is -2.88. The van der Waals surface area contributed by atoms with Crippen LogP contribution in [0, 0.1) is 10.1 Å². The number of methoxy groups -OCH3 is 1. The number of aromatic nitrogens is 1. The summed E-state index contributed by atoms with van der Waals surface area (Å²) in [6, 6.07) is 11.5. The molecule has 3 aromatic rings. The fraction of sp³-hybridized carbons (Fsp3) is 0.100. The lowest BCUT2D eigenvalue weighted by atomic mass is 10.2. The van der Waals surface area contributed by atoms with Crippen LogP contribution in [-0.4, -0.2) is 23.2 Å². The van der Waals surface area contributed by atoms with Crippen LogP contribution >= 0.6 is 39.1 Å². The van der Waals surface area contributed by atoms with Gasteiger partial charge in [0.15, 0.2) is 11.5 Å². The molecule has 2 aromatic carbocycles. The topological polar surface area (TPSA) is 98.9 Å². The van der Waals surface area contributed by atoms with Crippen molar-refractivity contribution in [3.8, 4) is 11.5 Å². The highest BCUT2D eigenvalue weighted by Gasteiger charge is 2.13. The van der Waals surface area contributed by atoms with Crippen LogP contribution in [0.25, 0.3) is 0 Å². The van der Waals surface area contributed by atoms with Gasteiger partial charge in [-0.1, -0.05) is 29.3 Å². The first-order valence-corrected chi connectivity index (χ1v) is 10.3. The van der Waals surface area contributed by atoms with Crippen molar-refractivity contribution in [2.24, 2.45) is 5.10 Å². The van der Waals surface area contributed by atoms with Gasteiger partial charge in [0.1, 0.15) is 18.6 Å². The zero-order valence-corrected chi connectivity index (χ0v) is 19.1. The van der Waals surface area contributed by atoms with Crippen LogP contribution in [0.15, 0.2) is 58.2 Å². The molecule has 0 aliphatic carbocycles. The molecular formula is C20H15BrCl2N4O4. The molecular weight excluding hydrogens is 511 g/mol. The Morgan fingerprint density at radius 2 is 2.06 bits per heavy atom. The minimum absolute atomic E-state index is 0.0985. The summed E-state index contributed by atoms with van der Waals surface area (Å²) in [5, 5.41) is 15.8. The van der Waals surface area contributed by atoms with E-state index in [4.69, 9.17) is 32.7 Å². The fourth-order valence-electron chi connectivity index (χ4n) is 2.48. The monoisotopic (exact) mass is 524 g/mol. The van der Waals surface area contributed by atoms with Gasteiger partial charge in [-0.25, -0.2) is 4.98 Å². The molecule has 11 heteroatoms. The Balaban J connectivity index is 1.70. The molecule has 0 aliphatic rings. The Bertz CT molecular complexity index is 1130. The maximum atomic E-state index is 10.7. The first-order valence-electron chi connectivity index (χ1n) is 8.71. The standard InChI is InChI=1S/C20H15BrCl2N4O4/c1-30-18-7-12(9-25-26-19-5-4-15(10-24-19)27(28)29)6-16(21)20(18)31-11-13-2-3-14(22)8-17(13)23/h2-10H,11H2,1H3,(H,24,26)/b25-9+. The van der Waals surface area contributed by atoms with Gasteiger partial charge in [0.05, 0.1) is 22.7 Å². The molecule has 0 radical (unpaired) electrons. The molecule has 0 fully saturated rings. The number of ether oxygens (including phenoxy) is 2. The molecule has 0 bridgehead atoms. The molecule has 1 N–H and O–H groups in total. The minimum atomic E-state index is -0.519. The fourth-order valence-corrected chi connectivity index (χ4v) is 3.51. The summed E-state index contributed by atoms with van der Waals surface area (Å²) >= 11 is 15.6. The lowest BCUT2D eigenvalue weighted by molar-refractivity contribution is -0.385. The van der Waals surface area contributed by atoms with Gasteiger partial charge in [0.25, 0.3) is 5.69 Å². The number of pyridine rings is 1. The van der Waals surface area contributed by atoms with Crippen molar-refractivity contribution in [2.75, 3.05) is 12.5 Å². The molecule has 0 saturated carbocycles. The zero-order valence-electron chi connectivity index (χ0n) is 16.0. The van der Waals surface area contributed by atoms with Crippen molar-refractivity contribution in [1.82, 2.24) is 4.98 Å². The minimum Gasteiger partial charge on any atom is -0.493 e. The largest absolute Gasteiger partial charge is 0.493 e. The third-order valence-electron chi connectivity index (χ3n) is 3.99. The van der Waals surface area contributed by atoms with Crippen LogP contribution in [0.4, 0.5) is 11.5 Å². The summed E-state index contributed by atoms with van der Waals surface area (Å²) in [4.78, 5) is 14.1. The molecule has 1 aromatic heterocycles. The number of nitro groups is 1. The van der Waals surface area contributed by atoms with Crippen molar-refractivity contribution >= 4 is 56.9 Å². The molecule has 3 rings (SSSR count). The van der Waals surface area contributed by atoms with Crippen LogP contribution < -0.4 is 14.9 Å². The third-order valence-corrected chi connectivity index (χ3v) is 5.17. The van der Waals surface area contributed by atoms with Gasteiger partial charge >= 0.3 is 0 Å². The van der Waals surface area contributed by atoms with E-state index in [9.17, 15) is 10.1 Å². The van der Waals surface area contributed by atoms with Crippen molar-refractivity contribution < 1.29 is 14.4 Å². The van der Waals surface area contributed by atoms with Crippen molar-refractivity contribution in [3.05, 3.63) is 84.4 Å². The highest BCUT2D eigenvalue weighted by Crippen LogP contribution is 2.37. The lowest BCUT2D eigenvalue weighted by Gasteiger charge is -2.14. The summed E-state index contributed by atoms with van der Waals surface area (Å²) < 4.78 is 12.0. The number of halogens is 3. The summed E-state index contributed by atoms with van der Waals surface area (Å²) in [6.07, 6.45) is 2.70. The molecule has 0 atom stereocenters. The Labute approximate surface area is 196 Å².